The largest absolute Gasteiger partial charge is 0.480 e. The van der Waals surface area contributed by atoms with E-state index in [0.29, 0.717) is 6.42 Å². The molecule has 19 heavy (non-hydrogen) atoms. The molecular formula is C11H18N4O4. The van der Waals surface area contributed by atoms with Gasteiger partial charge >= 0.3 is 12.1 Å². The summed E-state index contributed by atoms with van der Waals surface area (Å²) in [5.74, 6) is -1.12. The summed E-state index contributed by atoms with van der Waals surface area (Å²) in [6.45, 7) is 5.35. The van der Waals surface area contributed by atoms with E-state index in [-0.39, 0.29) is 13.0 Å². The van der Waals surface area contributed by atoms with Crippen molar-refractivity contribution in [1.29, 1.82) is 0 Å². The zero-order valence-electron chi connectivity index (χ0n) is 11.2. The van der Waals surface area contributed by atoms with Gasteiger partial charge in [0.15, 0.2) is 0 Å². The van der Waals surface area contributed by atoms with Crippen LogP contribution in [-0.4, -0.2) is 46.3 Å². The van der Waals surface area contributed by atoms with Crippen LogP contribution in [0, 0.1) is 0 Å². The van der Waals surface area contributed by atoms with Crippen LogP contribution in [0.1, 0.15) is 33.6 Å². The van der Waals surface area contributed by atoms with Crippen LogP contribution in [0.25, 0.3) is 10.4 Å². The first kappa shape index (κ1) is 15.1. The first-order chi connectivity index (χ1) is 8.74. The molecule has 106 valence electrons. The molecule has 1 heterocycles. The number of carbonyl (C=O) groups is 2. The van der Waals surface area contributed by atoms with Gasteiger partial charge in [0.2, 0.25) is 0 Å². The molecule has 0 aromatic rings. The zero-order chi connectivity index (χ0) is 14.6. The Bertz CT molecular complexity index is 411. The number of carboxylic acid groups (broad SMARTS) is 1. The van der Waals surface area contributed by atoms with E-state index in [0.717, 1.165) is 0 Å². The lowest BCUT2D eigenvalue weighted by molar-refractivity contribution is -0.144. The summed E-state index contributed by atoms with van der Waals surface area (Å²) in [6, 6.07) is -1.41. The van der Waals surface area contributed by atoms with Gasteiger partial charge in [0, 0.05) is 17.5 Å². The monoisotopic (exact) mass is 270 g/mol. The number of piperidine rings is 1. The topological polar surface area (TPSA) is 116 Å². The molecule has 8 nitrogen and oxygen atoms in total. The van der Waals surface area contributed by atoms with Crippen molar-refractivity contribution in [2.45, 2.75) is 51.3 Å². The van der Waals surface area contributed by atoms with Crippen LogP contribution in [0.5, 0.6) is 0 Å². The molecule has 1 aliphatic heterocycles. The van der Waals surface area contributed by atoms with E-state index in [2.05, 4.69) is 10.0 Å². The maximum Gasteiger partial charge on any atom is 0.411 e. The number of ether oxygens (including phenoxy) is 1. The Labute approximate surface area is 111 Å². The lowest BCUT2D eigenvalue weighted by Crippen LogP contribution is -2.52. The Morgan fingerprint density at radius 3 is 2.58 bits per heavy atom. The minimum atomic E-state index is -1.12. The summed E-state index contributed by atoms with van der Waals surface area (Å²) in [4.78, 5) is 27.0. The van der Waals surface area contributed by atoms with Gasteiger partial charge in [0.05, 0.1) is 0 Å². The Kier molecular flexibility index (Phi) is 4.61. The molecule has 8 heteroatoms. The van der Waals surface area contributed by atoms with E-state index in [9.17, 15) is 9.59 Å². The van der Waals surface area contributed by atoms with Gasteiger partial charge in [-0.15, -0.1) is 0 Å². The van der Waals surface area contributed by atoms with Gasteiger partial charge < -0.3 is 9.84 Å². The quantitative estimate of drug-likeness (QED) is 0.470. The van der Waals surface area contributed by atoms with E-state index in [1.54, 1.807) is 20.8 Å². The number of carboxylic acids is 1. The highest BCUT2D eigenvalue weighted by Gasteiger charge is 2.37. The molecule has 1 fully saturated rings. The third kappa shape index (κ3) is 4.33. The lowest BCUT2D eigenvalue weighted by Gasteiger charge is -2.36. The van der Waals surface area contributed by atoms with E-state index < -0.39 is 29.7 Å². The number of carbonyl (C=O) groups excluding carboxylic acids is 1. The predicted octanol–water partition coefficient (Wildman–Crippen LogP) is 2.15. The van der Waals surface area contributed by atoms with Gasteiger partial charge in [-0.05, 0) is 39.1 Å². The van der Waals surface area contributed by atoms with Crippen LogP contribution in [-0.2, 0) is 9.53 Å². The molecule has 1 aliphatic rings. The van der Waals surface area contributed by atoms with Crippen molar-refractivity contribution in [3.8, 4) is 0 Å². The van der Waals surface area contributed by atoms with E-state index in [1.807, 2.05) is 0 Å². The average molecular weight is 270 g/mol. The molecule has 0 saturated carbocycles. The van der Waals surface area contributed by atoms with E-state index in [4.69, 9.17) is 15.4 Å². The summed E-state index contributed by atoms with van der Waals surface area (Å²) in [5.41, 5.74) is 7.70. The number of likely N-dealkylation sites (tertiary alicyclic amines) is 1. The number of nitrogens with zero attached hydrogens (tertiary/aromatic N) is 4. The van der Waals surface area contributed by atoms with Crippen LogP contribution in [0.3, 0.4) is 0 Å². The first-order valence-electron chi connectivity index (χ1n) is 6.01. The summed E-state index contributed by atoms with van der Waals surface area (Å²) in [6.07, 6.45) is -0.106. The summed E-state index contributed by atoms with van der Waals surface area (Å²) >= 11 is 0. The van der Waals surface area contributed by atoms with Gasteiger partial charge in [0.25, 0.3) is 0 Å². The third-order valence-electron chi connectivity index (χ3n) is 2.70. The second kappa shape index (κ2) is 5.79. The van der Waals surface area contributed by atoms with Crippen molar-refractivity contribution in [3.05, 3.63) is 10.4 Å². The third-order valence-corrected chi connectivity index (χ3v) is 2.70. The second-order valence-electron chi connectivity index (χ2n) is 5.41. The standard InChI is InChI=1S/C11H18N4O4/c1-11(2,3)19-10(18)15-5-4-7(13-14-12)6-8(15)9(16)17/h7-8H,4-6H2,1-3H3,(H,16,17)/t7-,8+/m0/s1. The van der Waals surface area contributed by atoms with Crippen molar-refractivity contribution in [3.63, 3.8) is 0 Å². The van der Waals surface area contributed by atoms with Crippen LogP contribution >= 0.6 is 0 Å². The minimum Gasteiger partial charge on any atom is -0.480 e. The van der Waals surface area contributed by atoms with Crippen molar-refractivity contribution >= 4 is 12.1 Å². The number of hydrogen-bond acceptors (Lipinski definition) is 4. The average Bonchev–Trinajstić information content (AvgIpc) is 2.26. The molecule has 2 atom stereocenters. The maximum absolute atomic E-state index is 11.9. The minimum absolute atomic E-state index is 0.110. The fraction of sp³-hybridized carbons (Fsp3) is 0.818. The molecule has 0 bridgehead atoms. The Morgan fingerprint density at radius 1 is 1.47 bits per heavy atom. The van der Waals surface area contributed by atoms with Crippen molar-refractivity contribution in [1.82, 2.24) is 4.90 Å². The lowest BCUT2D eigenvalue weighted by atomic mass is 9.98. The summed E-state index contributed by atoms with van der Waals surface area (Å²) < 4.78 is 5.17. The van der Waals surface area contributed by atoms with Crippen molar-refractivity contribution in [2.24, 2.45) is 5.11 Å². The van der Waals surface area contributed by atoms with Crippen LogP contribution in [0.2, 0.25) is 0 Å². The Hall–Kier alpha value is -1.95. The SMILES string of the molecule is CC(C)(C)OC(=O)N1CC[C@H](N=[N+]=[N-])C[C@@H]1C(=O)O. The Balaban J connectivity index is 2.80. The van der Waals surface area contributed by atoms with Gasteiger partial charge in [-0.2, -0.15) is 0 Å². The molecular weight excluding hydrogens is 252 g/mol. The molecule has 0 unspecified atom stereocenters. The van der Waals surface area contributed by atoms with Crippen molar-refractivity contribution < 1.29 is 19.4 Å². The molecule has 1 saturated heterocycles. The van der Waals surface area contributed by atoms with E-state index in [1.165, 1.54) is 4.90 Å². The molecule has 0 aliphatic carbocycles. The van der Waals surface area contributed by atoms with Crippen molar-refractivity contribution in [2.75, 3.05) is 6.54 Å². The zero-order valence-corrected chi connectivity index (χ0v) is 11.2. The van der Waals surface area contributed by atoms with Gasteiger partial charge in [-0.3, -0.25) is 4.90 Å². The molecule has 1 N–H and O–H groups in total. The molecule has 0 spiro atoms. The van der Waals surface area contributed by atoms with Crippen LogP contribution < -0.4 is 0 Å². The molecule has 0 aromatic carbocycles. The number of rotatable bonds is 2. The maximum atomic E-state index is 11.9. The van der Waals surface area contributed by atoms with Gasteiger partial charge in [-0.25, -0.2) is 9.59 Å². The molecule has 1 rings (SSSR count). The normalized spacial score (nSPS) is 23.4. The highest BCUT2D eigenvalue weighted by Crippen LogP contribution is 2.23. The summed E-state index contributed by atoms with van der Waals surface area (Å²) in [5, 5.41) is 12.7. The number of amides is 1. The van der Waals surface area contributed by atoms with Crippen LogP contribution in [0.15, 0.2) is 5.11 Å². The Morgan fingerprint density at radius 2 is 2.11 bits per heavy atom. The van der Waals surface area contributed by atoms with E-state index >= 15 is 0 Å². The fourth-order valence-corrected chi connectivity index (χ4v) is 1.90. The number of aliphatic carboxylic acids is 1. The molecule has 1 amide bonds. The predicted molar refractivity (Wildman–Crippen MR) is 66.5 cm³/mol. The number of azide groups is 1. The smallest absolute Gasteiger partial charge is 0.411 e. The first-order valence-corrected chi connectivity index (χ1v) is 6.01. The fourth-order valence-electron chi connectivity index (χ4n) is 1.90. The van der Waals surface area contributed by atoms with Gasteiger partial charge in [-0.1, -0.05) is 5.11 Å². The second-order valence-corrected chi connectivity index (χ2v) is 5.41. The highest BCUT2D eigenvalue weighted by atomic mass is 16.6. The number of hydrogen-bond donors (Lipinski definition) is 1. The van der Waals surface area contributed by atoms with Gasteiger partial charge in [0.1, 0.15) is 11.6 Å². The summed E-state index contributed by atoms with van der Waals surface area (Å²) in [7, 11) is 0. The highest BCUT2D eigenvalue weighted by molar-refractivity contribution is 5.80. The molecule has 0 radical (unpaired) electrons. The van der Waals surface area contributed by atoms with Crippen LogP contribution in [0.4, 0.5) is 4.79 Å². The molecule has 0 aromatic heterocycles.